The monoisotopic (exact) mass is 480 g/mol. The van der Waals surface area contributed by atoms with Gasteiger partial charge in [-0.2, -0.15) is 0 Å². The molecule has 168 valence electrons. The van der Waals surface area contributed by atoms with E-state index in [2.05, 4.69) is 5.32 Å². The number of halogens is 2. The molecule has 0 saturated heterocycles. The summed E-state index contributed by atoms with van der Waals surface area (Å²) in [5.74, 6) is 0.855. The highest BCUT2D eigenvalue weighted by molar-refractivity contribution is 7.99. The second-order valence-electron chi connectivity index (χ2n) is 8.02. The van der Waals surface area contributed by atoms with Gasteiger partial charge < -0.3 is 10.2 Å². The van der Waals surface area contributed by atoms with Crippen LogP contribution in [0.1, 0.15) is 37.5 Å². The average molecular weight is 481 g/mol. The number of benzene rings is 2. The Balaban J connectivity index is 2.09. The van der Waals surface area contributed by atoms with Gasteiger partial charge in [-0.1, -0.05) is 72.9 Å². The molecule has 1 N–H and O–H groups in total. The van der Waals surface area contributed by atoms with Crippen molar-refractivity contribution in [2.24, 2.45) is 5.92 Å². The molecule has 2 aromatic rings. The van der Waals surface area contributed by atoms with Gasteiger partial charge in [0, 0.05) is 28.9 Å². The molecular weight excluding hydrogens is 451 g/mol. The van der Waals surface area contributed by atoms with Crippen LogP contribution >= 0.6 is 35.0 Å². The first-order valence-electron chi connectivity index (χ1n) is 10.3. The normalized spacial score (nSPS) is 12.0. The molecule has 2 aromatic carbocycles. The van der Waals surface area contributed by atoms with Crippen molar-refractivity contribution in [1.29, 1.82) is 0 Å². The molecular formula is C24H30Cl2N2O2S. The van der Waals surface area contributed by atoms with Crippen molar-refractivity contribution in [3.63, 3.8) is 0 Å². The van der Waals surface area contributed by atoms with Crippen molar-refractivity contribution in [3.05, 3.63) is 69.2 Å². The van der Waals surface area contributed by atoms with E-state index in [0.29, 0.717) is 34.8 Å². The zero-order valence-electron chi connectivity index (χ0n) is 18.5. The van der Waals surface area contributed by atoms with Gasteiger partial charge in [0.05, 0.1) is 5.75 Å². The predicted molar refractivity (Wildman–Crippen MR) is 132 cm³/mol. The van der Waals surface area contributed by atoms with Crippen molar-refractivity contribution >= 4 is 46.8 Å². The first-order chi connectivity index (χ1) is 14.7. The number of amides is 2. The van der Waals surface area contributed by atoms with Gasteiger partial charge in [0.2, 0.25) is 11.8 Å². The first-order valence-corrected chi connectivity index (χ1v) is 12.2. The maximum Gasteiger partial charge on any atom is 0.242 e. The molecule has 0 aromatic heterocycles. The fourth-order valence-corrected chi connectivity index (χ4v) is 4.57. The first kappa shape index (κ1) is 25.6. The molecule has 7 heteroatoms. The third-order valence-corrected chi connectivity index (χ3v) is 6.51. The Morgan fingerprint density at radius 3 is 2.23 bits per heavy atom. The van der Waals surface area contributed by atoms with Crippen LogP contribution in [0.3, 0.4) is 0 Å². The van der Waals surface area contributed by atoms with Gasteiger partial charge in [0.15, 0.2) is 0 Å². The molecule has 0 bridgehead atoms. The number of carbonyl (C=O) groups is 2. The molecule has 0 spiro atoms. The van der Waals surface area contributed by atoms with Gasteiger partial charge >= 0.3 is 0 Å². The fraction of sp³-hybridized carbons (Fsp3) is 0.417. The third kappa shape index (κ3) is 8.06. The number of nitrogens with zero attached hydrogens (tertiary/aromatic N) is 1. The lowest BCUT2D eigenvalue weighted by Gasteiger charge is -2.29. The van der Waals surface area contributed by atoms with Crippen LogP contribution in [0.2, 0.25) is 10.0 Å². The van der Waals surface area contributed by atoms with Crippen molar-refractivity contribution < 1.29 is 9.59 Å². The highest BCUT2D eigenvalue weighted by Crippen LogP contribution is 2.28. The second-order valence-corrected chi connectivity index (χ2v) is 9.82. The molecule has 2 amide bonds. The summed E-state index contributed by atoms with van der Waals surface area (Å²) < 4.78 is 0. The lowest BCUT2D eigenvalue weighted by atomic mass is 10.1. The molecule has 2 rings (SSSR count). The molecule has 31 heavy (non-hydrogen) atoms. The zero-order chi connectivity index (χ0) is 23.0. The Bertz CT molecular complexity index is 867. The molecule has 0 aliphatic carbocycles. The molecule has 0 saturated carbocycles. The number of rotatable bonds is 10. The van der Waals surface area contributed by atoms with Gasteiger partial charge in [-0.15, -0.1) is 11.8 Å². The third-order valence-electron chi connectivity index (χ3n) is 4.86. The lowest BCUT2D eigenvalue weighted by Crippen LogP contribution is -2.48. The Kier molecular flexibility index (Phi) is 10.2. The standard InChI is InChI=1S/C24H30Cl2N2O2S/c1-16(2)12-27-24(30)18(4)28(13-19-10-8-17(3)9-11-19)23(29)15-31-14-20-21(25)6-5-7-22(20)26/h5-11,16,18H,12-15H2,1-4H3,(H,27,30). The lowest BCUT2D eigenvalue weighted by molar-refractivity contribution is -0.138. The predicted octanol–water partition coefficient (Wildman–Crippen LogP) is 5.72. The van der Waals surface area contributed by atoms with Gasteiger partial charge in [-0.25, -0.2) is 0 Å². The molecule has 1 atom stereocenters. The van der Waals surface area contributed by atoms with E-state index in [1.54, 1.807) is 30.0 Å². The van der Waals surface area contributed by atoms with Gasteiger partial charge in [0.25, 0.3) is 0 Å². The number of thioether (sulfide) groups is 1. The van der Waals surface area contributed by atoms with Gasteiger partial charge in [-0.05, 0) is 43.0 Å². The second kappa shape index (κ2) is 12.4. The summed E-state index contributed by atoms with van der Waals surface area (Å²) in [7, 11) is 0. The van der Waals surface area contributed by atoms with E-state index in [0.717, 1.165) is 16.7 Å². The Labute approximate surface area is 199 Å². The van der Waals surface area contributed by atoms with E-state index >= 15 is 0 Å². The van der Waals surface area contributed by atoms with Crippen LogP contribution in [0.5, 0.6) is 0 Å². The highest BCUT2D eigenvalue weighted by Gasteiger charge is 2.26. The molecule has 0 radical (unpaired) electrons. The number of nitrogens with one attached hydrogen (secondary N) is 1. The van der Waals surface area contributed by atoms with Crippen molar-refractivity contribution in [2.45, 2.75) is 46.0 Å². The summed E-state index contributed by atoms with van der Waals surface area (Å²) in [5.41, 5.74) is 2.95. The van der Waals surface area contributed by atoms with E-state index in [1.807, 2.05) is 45.0 Å². The van der Waals surface area contributed by atoms with Crippen molar-refractivity contribution in [1.82, 2.24) is 10.2 Å². The van der Waals surface area contributed by atoms with Crippen LogP contribution in [0.4, 0.5) is 0 Å². The van der Waals surface area contributed by atoms with Crippen molar-refractivity contribution in [2.75, 3.05) is 12.3 Å². The maximum atomic E-state index is 13.1. The van der Waals surface area contributed by atoms with E-state index < -0.39 is 6.04 Å². The van der Waals surface area contributed by atoms with Crippen LogP contribution < -0.4 is 5.32 Å². The van der Waals surface area contributed by atoms with Crippen LogP contribution in [-0.4, -0.2) is 35.1 Å². The summed E-state index contributed by atoms with van der Waals surface area (Å²) in [6, 6.07) is 12.8. The fourth-order valence-electron chi connectivity index (χ4n) is 2.92. The molecule has 0 fully saturated rings. The summed E-state index contributed by atoms with van der Waals surface area (Å²) in [6.45, 7) is 8.83. The summed E-state index contributed by atoms with van der Waals surface area (Å²) in [5, 5.41) is 4.11. The smallest absolute Gasteiger partial charge is 0.242 e. The maximum absolute atomic E-state index is 13.1. The molecule has 0 aliphatic rings. The molecule has 1 unspecified atom stereocenters. The Morgan fingerprint density at radius 2 is 1.65 bits per heavy atom. The quantitative estimate of drug-likeness (QED) is 0.472. The summed E-state index contributed by atoms with van der Waals surface area (Å²) in [6.07, 6.45) is 0. The number of aryl methyl sites for hydroxylation is 1. The SMILES string of the molecule is Cc1ccc(CN(C(=O)CSCc2c(Cl)cccc2Cl)C(C)C(=O)NCC(C)C)cc1. The molecule has 4 nitrogen and oxygen atoms in total. The number of hydrogen-bond donors (Lipinski definition) is 1. The highest BCUT2D eigenvalue weighted by atomic mass is 35.5. The Hall–Kier alpha value is -1.69. The minimum atomic E-state index is -0.572. The molecule has 0 heterocycles. The van der Waals surface area contributed by atoms with Crippen molar-refractivity contribution in [3.8, 4) is 0 Å². The number of carbonyl (C=O) groups excluding carboxylic acids is 2. The summed E-state index contributed by atoms with van der Waals surface area (Å²) in [4.78, 5) is 27.4. The van der Waals surface area contributed by atoms with Gasteiger partial charge in [-0.3, -0.25) is 9.59 Å². The summed E-state index contributed by atoms with van der Waals surface area (Å²) >= 11 is 13.9. The van der Waals surface area contributed by atoms with Crippen LogP contribution in [0.15, 0.2) is 42.5 Å². The van der Waals surface area contributed by atoms with Gasteiger partial charge in [0.1, 0.15) is 6.04 Å². The van der Waals surface area contributed by atoms with E-state index in [4.69, 9.17) is 23.2 Å². The minimum Gasteiger partial charge on any atom is -0.354 e. The van der Waals surface area contributed by atoms with Crippen LogP contribution in [-0.2, 0) is 21.9 Å². The topological polar surface area (TPSA) is 49.4 Å². The Morgan fingerprint density at radius 1 is 1.03 bits per heavy atom. The van der Waals surface area contributed by atoms with E-state index in [1.165, 1.54) is 11.8 Å². The van der Waals surface area contributed by atoms with Crippen LogP contribution in [0.25, 0.3) is 0 Å². The zero-order valence-corrected chi connectivity index (χ0v) is 20.8. The average Bonchev–Trinajstić information content (AvgIpc) is 2.73. The van der Waals surface area contributed by atoms with E-state index in [9.17, 15) is 9.59 Å². The van der Waals surface area contributed by atoms with Crippen LogP contribution in [0, 0.1) is 12.8 Å². The molecule has 0 aliphatic heterocycles. The largest absolute Gasteiger partial charge is 0.354 e. The van der Waals surface area contributed by atoms with E-state index in [-0.39, 0.29) is 17.6 Å². The number of hydrogen-bond acceptors (Lipinski definition) is 3. The minimum absolute atomic E-state index is 0.0963.